The summed E-state index contributed by atoms with van der Waals surface area (Å²) in [6.07, 6.45) is 0.625. The zero-order chi connectivity index (χ0) is 19.7. The normalized spacial score (nSPS) is 20.1. The molecule has 0 saturated carbocycles. The van der Waals surface area contributed by atoms with Gasteiger partial charge >= 0.3 is 12.2 Å². The Morgan fingerprint density at radius 1 is 1.38 bits per heavy atom. The molecule has 0 radical (unpaired) electrons. The highest BCUT2D eigenvalue weighted by atomic mass is 32.1. The number of likely N-dealkylation sites (tertiary alicyclic amines) is 1. The van der Waals surface area contributed by atoms with E-state index >= 15 is 0 Å². The van der Waals surface area contributed by atoms with Crippen molar-refractivity contribution in [2.24, 2.45) is 0 Å². The van der Waals surface area contributed by atoms with E-state index in [1.165, 1.54) is 6.20 Å². The molecule has 1 aliphatic heterocycles. The minimum Gasteiger partial charge on any atom is -0.450 e. The Balaban J connectivity index is 2.72. The van der Waals surface area contributed by atoms with Crippen molar-refractivity contribution < 1.29 is 23.8 Å². The molecule has 0 bridgehead atoms. The first-order valence-electron chi connectivity index (χ1n) is 8.59. The Labute approximate surface area is 160 Å². The smallest absolute Gasteiger partial charge is 0.409 e. The number of hydrogen-bond donors (Lipinski definition) is 2. The van der Waals surface area contributed by atoms with Crippen LogP contribution in [0.5, 0.6) is 0 Å². The molecule has 0 spiro atoms. The van der Waals surface area contributed by atoms with Gasteiger partial charge in [0.15, 0.2) is 0 Å². The Morgan fingerprint density at radius 2 is 2.08 bits per heavy atom. The van der Waals surface area contributed by atoms with Gasteiger partial charge in [-0.3, -0.25) is 0 Å². The quantitative estimate of drug-likeness (QED) is 0.675. The van der Waals surface area contributed by atoms with Crippen LogP contribution in [0.1, 0.15) is 34.1 Å². The molecule has 0 aromatic carbocycles. The number of carbonyl (C=O) groups is 2. The summed E-state index contributed by atoms with van der Waals surface area (Å²) in [6, 6.07) is -0.304. The summed E-state index contributed by atoms with van der Waals surface area (Å²) < 4.78 is 16.2. The molecule has 0 aliphatic carbocycles. The summed E-state index contributed by atoms with van der Waals surface area (Å²) in [6.45, 7) is 11.9. The molecule has 26 heavy (non-hydrogen) atoms. The van der Waals surface area contributed by atoms with Crippen molar-refractivity contribution in [3.63, 3.8) is 0 Å². The number of ether oxygens (including phenoxy) is 3. The van der Waals surface area contributed by atoms with E-state index in [4.69, 9.17) is 26.4 Å². The molecule has 1 fully saturated rings. The maximum atomic E-state index is 12.1. The Morgan fingerprint density at radius 3 is 2.65 bits per heavy atom. The van der Waals surface area contributed by atoms with Crippen molar-refractivity contribution in [3.8, 4) is 0 Å². The van der Waals surface area contributed by atoms with Gasteiger partial charge in [-0.1, -0.05) is 18.8 Å². The lowest BCUT2D eigenvalue weighted by Crippen LogP contribution is -2.57. The third kappa shape index (κ3) is 8.01. The van der Waals surface area contributed by atoms with E-state index in [2.05, 4.69) is 17.2 Å². The minimum absolute atomic E-state index is 0.148. The molecule has 0 aromatic rings. The Kier molecular flexibility index (Phi) is 8.80. The highest BCUT2D eigenvalue weighted by molar-refractivity contribution is 7.80. The Bertz CT molecular complexity index is 521. The Hall–Kier alpha value is -1.87. The third-order valence-corrected chi connectivity index (χ3v) is 3.71. The molecular weight excluding hydrogens is 358 g/mol. The summed E-state index contributed by atoms with van der Waals surface area (Å²) in [5, 5.41) is 5.60. The van der Waals surface area contributed by atoms with Crippen molar-refractivity contribution in [2.75, 3.05) is 26.3 Å². The molecule has 1 aliphatic rings. The number of amides is 2. The van der Waals surface area contributed by atoms with Gasteiger partial charge in [0.2, 0.25) is 0 Å². The summed E-state index contributed by atoms with van der Waals surface area (Å²) in [7, 11) is 0. The number of carbonyl (C=O) groups excluding carboxylic acids is 2. The average Bonchev–Trinajstić information content (AvgIpc) is 2.52. The SMILES string of the molecule is C=CNC(=S)COC1CN(C(=O)OCC)CCC1NC(=O)OC(C)(C)C. The molecule has 2 N–H and O–H groups in total. The van der Waals surface area contributed by atoms with Crippen molar-refractivity contribution in [2.45, 2.75) is 51.9 Å². The maximum Gasteiger partial charge on any atom is 0.409 e. The average molecular weight is 388 g/mol. The largest absolute Gasteiger partial charge is 0.450 e. The number of piperidine rings is 1. The van der Waals surface area contributed by atoms with Gasteiger partial charge in [-0.25, -0.2) is 9.59 Å². The van der Waals surface area contributed by atoms with Crippen molar-refractivity contribution in [1.29, 1.82) is 0 Å². The highest BCUT2D eigenvalue weighted by Gasteiger charge is 2.34. The van der Waals surface area contributed by atoms with E-state index in [1.54, 1.807) is 32.6 Å². The van der Waals surface area contributed by atoms with Gasteiger partial charge < -0.3 is 29.7 Å². The molecule has 8 nitrogen and oxygen atoms in total. The number of nitrogens with zero attached hydrogens (tertiary/aromatic N) is 1. The molecule has 2 amide bonds. The van der Waals surface area contributed by atoms with Gasteiger partial charge in [-0.2, -0.15) is 0 Å². The molecule has 9 heteroatoms. The van der Waals surface area contributed by atoms with Gasteiger partial charge in [0.1, 0.15) is 10.6 Å². The molecule has 1 heterocycles. The van der Waals surface area contributed by atoms with Gasteiger partial charge in [0.25, 0.3) is 0 Å². The van der Waals surface area contributed by atoms with E-state index < -0.39 is 23.9 Å². The molecule has 1 saturated heterocycles. The van der Waals surface area contributed by atoms with E-state index in [0.717, 1.165) is 0 Å². The summed E-state index contributed by atoms with van der Waals surface area (Å²) in [5.41, 5.74) is -0.596. The highest BCUT2D eigenvalue weighted by Crippen LogP contribution is 2.17. The monoisotopic (exact) mass is 387 g/mol. The van der Waals surface area contributed by atoms with Gasteiger partial charge in [0, 0.05) is 6.54 Å². The summed E-state index contributed by atoms with van der Waals surface area (Å²) in [4.78, 5) is 26.1. The molecular formula is C17H29N3O5S. The van der Waals surface area contributed by atoms with Crippen molar-refractivity contribution >= 4 is 29.4 Å². The number of nitrogens with one attached hydrogen (secondary N) is 2. The van der Waals surface area contributed by atoms with Crippen LogP contribution in [-0.2, 0) is 14.2 Å². The molecule has 148 valence electrons. The molecule has 2 atom stereocenters. The van der Waals surface area contributed by atoms with Crippen LogP contribution in [0.15, 0.2) is 12.8 Å². The summed E-state index contributed by atoms with van der Waals surface area (Å²) >= 11 is 5.12. The number of thiocarbonyl (C=S) groups is 1. The van der Waals surface area contributed by atoms with Crippen LogP contribution in [0, 0.1) is 0 Å². The predicted molar refractivity (Wildman–Crippen MR) is 102 cm³/mol. The van der Waals surface area contributed by atoms with Crippen molar-refractivity contribution in [3.05, 3.63) is 12.8 Å². The second-order valence-electron chi connectivity index (χ2n) is 6.81. The lowest BCUT2D eigenvalue weighted by molar-refractivity contribution is -0.0116. The number of rotatable bonds is 6. The lowest BCUT2D eigenvalue weighted by Gasteiger charge is -2.38. The second-order valence-corrected chi connectivity index (χ2v) is 7.30. The molecule has 1 rings (SSSR count). The minimum atomic E-state index is -0.596. The summed E-state index contributed by atoms with van der Waals surface area (Å²) in [5.74, 6) is 0. The van der Waals surface area contributed by atoms with E-state index in [1.807, 2.05) is 0 Å². The first-order chi connectivity index (χ1) is 12.2. The number of hydrogen-bond acceptors (Lipinski definition) is 6. The van der Waals surface area contributed by atoms with Crippen LogP contribution in [0.2, 0.25) is 0 Å². The van der Waals surface area contributed by atoms with Crippen LogP contribution in [0.25, 0.3) is 0 Å². The third-order valence-electron chi connectivity index (χ3n) is 3.48. The standard InChI is InChI=1S/C17H29N3O5S/c1-6-18-14(26)11-24-13-10-20(16(22)23-7-2)9-8-12(13)19-15(21)25-17(3,4)5/h6,12-13H,1,7-11H2,2-5H3,(H,18,26)(H,19,21). The first-order valence-corrected chi connectivity index (χ1v) is 9.00. The molecule has 0 aromatic heterocycles. The topological polar surface area (TPSA) is 89.1 Å². The zero-order valence-electron chi connectivity index (χ0n) is 15.9. The van der Waals surface area contributed by atoms with Gasteiger partial charge in [0.05, 0.1) is 31.9 Å². The van der Waals surface area contributed by atoms with E-state index in [0.29, 0.717) is 24.6 Å². The van der Waals surface area contributed by atoms with Crippen LogP contribution in [0.3, 0.4) is 0 Å². The first kappa shape index (κ1) is 22.2. The van der Waals surface area contributed by atoms with Crippen LogP contribution in [-0.4, -0.2) is 66.1 Å². The fourth-order valence-corrected chi connectivity index (χ4v) is 2.58. The number of alkyl carbamates (subject to hydrolysis) is 1. The lowest BCUT2D eigenvalue weighted by atomic mass is 10.0. The van der Waals surface area contributed by atoms with Gasteiger partial charge in [-0.15, -0.1) is 0 Å². The second kappa shape index (κ2) is 10.3. The van der Waals surface area contributed by atoms with E-state index in [9.17, 15) is 9.59 Å². The fraction of sp³-hybridized carbons (Fsp3) is 0.706. The predicted octanol–water partition coefficient (Wildman–Crippen LogP) is 2.19. The van der Waals surface area contributed by atoms with E-state index in [-0.39, 0.29) is 19.2 Å². The van der Waals surface area contributed by atoms with Crippen LogP contribution >= 0.6 is 12.2 Å². The van der Waals surface area contributed by atoms with Gasteiger partial charge in [-0.05, 0) is 40.3 Å². The zero-order valence-corrected chi connectivity index (χ0v) is 16.7. The fourth-order valence-electron chi connectivity index (χ4n) is 2.43. The molecule has 2 unspecified atom stereocenters. The van der Waals surface area contributed by atoms with Crippen LogP contribution < -0.4 is 10.6 Å². The maximum absolute atomic E-state index is 12.1. The van der Waals surface area contributed by atoms with Crippen LogP contribution in [0.4, 0.5) is 9.59 Å². The van der Waals surface area contributed by atoms with Crippen molar-refractivity contribution in [1.82, 2.24) is 15.5 Å².